The molecule has 0 aliphatic carbocycles. The molecular weight excluding hydrogens is 1010 g/mol. The average Bonchev–Trinajstić information content (AvgIpc) is 3.38. The molecule has 1 heterocycles. The van der Waals surface area contributed by atoms with Gasteiger partial charge in [-0.15, -0.1) is 21.9 Å². The van der Waals surface area contributed by atoms with Crippen LogP contribution in [-0.2, 0) is 6.54 Å². The summed E-state index contributed by atoms with van der Waals surface area (Å²) in [7, 11) is 0. The molecule has 1 aromatic heterocycles. The number of carbonyl (C=O) groups excluding carboxylic acids is 1. The number of ketones is 1. The summed E-state index contributed by atoms with van der Waals surface area (Å²) in [5.74, 6) is -71.4. The second-order valence-electron chi connectivity index (χ2n) is 15.3. The van der Waals surface area contributed by atoms with Crippen LogP contribution in [0.15, 0.2) is 103 Å². The smallest absolute Gasteiger partial charge is 0.253 e. The summed E-state index contributed by atoms with van der Waals surface area (Å²) in [5, 5.41) is 1.12. The fourth-order valence-electron chi connectivity index (χ4n) is 8.11. The molecule has 0 saturated heterocycles. The summed E-state index contributed by atoms with van der Waals surface area (Å²) < 4.78 is 296. The van der Waals surface area contributed by atoms with Crippen LogP contribution in [0.2, 0.25) is 0 Å². The van der Waals surface area contributed by atoms with Gasteiger partial charge in [-0.3, -0.25) is 4.79 Å². The number of rotatable bonds is 9. The van der Waals surface area contributed by atoms with E-state index in [0.717, 1.165) is 16.5 Å². The number of halogens is 20. The van der Waals surface area contributed by atoms with Crippen LogP contribution >= 0.6 is 0 Å². The maximum absolute atomic E-state index is 15.4. The normalized spacial score (nSPS) is 11.7. The third-order valence-electron chi connectivity index (χ3n) is 11.3. The van der Waals surface area contributed by atoms with Crippen LogP contribution in [0.4, 0.5) is 87.8 Å². The topological polar surface area (TPSA) is 20.9 Å². The highest BCUT2D eigenvalue weighted by atomic mass is 19.2. The second-order valence-corrected chi connectivity index (χ2v) is 15.3. The van der Waals surface area contributed by atoms with Crippen molar-refractivity contribution >= 4 is 50.8 Å². The molecule has 0 aliphatic rings. The molecule has 23 heteroatoms. The van der Waals surface area contributed by atoms with Crippen molar-refractivity contribution in [3.05, 3.63) is 236 Å². The van der Waals surface area contributed by atoms with Gasteiger partial charge >= 0.3 is 0 Å². The predicted octanol–water partition coefficient (Wildman–Crippen LogP) is 10.9. The molecule has 0 atom stereocenters. The number of carbonyl (C=O) groups is 1. The fraction of sp³-hybridized carbons (Fsp3) is 0.0204. The Kier molecular flexibility index (Phi) is 14.4. The minimum atomic E-state index is -7.22. The fourth-order valence-corrected chi connectivity index (χ4v) is 8.11. The number of aromatic nitrogens is 1. The lowest BCUT2D eigenvalue weighted by molar-refractivity contribution is -0.664. The van der Waals surface area contributed by atoms with Gasteiger partial charge < -0.3 is 0 Å². The molecule has 0 bridgehead atoms. The maximum atomic E-state index is 15.4. The van der Waals surface area contributed by atoms with Crippen LogP contribution < -0.4 is 26.4 Å². The summed E-state index contributed by atoms with van der Waals surface area (Å²) >= 11 is 0. The lowest BCUT2D eigenvalue weighted by Crippen LogP contribution is -2.81. The molecule has 8 rings (SSSR count). The van der Waals surface area contributed by atoms with Gasteiger partial charge in [-0.05, 0) is 23.8 Å². The third kappa shape index (κ3) is 8.48. The van der Waals surface area contributed by atoms with Crippen LogP contribution in [0, 0.1) is 116 Å². The van der Waals surface area contributed by atoms with E-state index in [-0.39, 0.29) is 5.78 Å². The molecule has 0 radical (unpaired) electrons. The average molecular weight is 1030 g/mol. The minimum Gasteiger partial charge on any atom is -0.282 e. The molecule has 7 aromatic carbocycles. The van der Waals surface area contributed by atoms with Gasteiger partial charge in [0.1, 0.15) is 52.7 Å². The molecule has 0 aliphatic heterocycles. The van der Waals surface area contributed by atoms with E-state index in [2.05, 4.69) is 28.8 Å². The van der Waals surface area contributed by atoms with Crippen LogP contribution in [0.25, 0.3) is 17.0 Å². The zero-order valence-electron chi connectivity index (χ0n) is 35.1. The van der Waals surface area contributed by atoms with Crippen molar-refractivity contribution in [3.63, 3.8) is 0 Å². The van der Waals surface area contributed by atoms with E-state index in [9.17, 15) is 57.5 Å². The van der Waals surface area contributed by atoms with Crippen molar-refractivity contribution in [2.45, 2.75) is 6.54 Å². The highest BCUT2D eigenvalue weighted by Crippen LogP contribution is 2.31. The van der Waals surface area contributed by atoms with Crippen LogP contribution in [-0.4, -0.2) is 11.9 Å². The van der Waals surface area contributed by atoms with Gasteiger partial charge in [0.05, 0.1) is 0 Å². The zero-order valence-corrected chi connectivity index (χ0v) is 35.1. The molecular formula is C49H20BF20NO. The Balaban J connectivity index is 0.000000238. The van der Waals surface area contributed by atoms with E-state index in [1.807, 2.05) is 78.9 Å². The SMILES string of the molecule is Fc1c(F)c(F)c([B-](c2c(F)c(F)c(F)c(F)c2F)(c2c(F)c(F)c(F)c(F)c2F)c2c(F)c(F)c(F)c(F)c2F)c(F)c1F.O=C(C=Cc1ccccc1)c1ccc2ccccc2[n+]1Cc1ccccc1. The van der Waals surface area contributed by atoms with Gasteiger partial charge in [0.2, 0.25) is 11.3 Å². The highest BCUT2D eigenvalue weighted by molar-refractivity contribution is 7.20. The van der Waals surface area contributed by atoms with E-state index >= 15 is 35.1 Å². The van der Waals surface area contributed by atoms with E-state index < -0.39 is 144 Å². The number of nitrogens with zero attached hydrogens (tertiary/aromatic N) is 1. The Morgan fingerprint density at radius 1 is 0.361 bits per heavy atom. The first kappa shape index (κ1) is 51.9. The monoisotopic (exact) mass is 1030 g/mol. The molecule has 72 heavy (non-hydrogen) atoms. The number of allylic oxidation sites excluding steroid dienone is 1. The quantitative estimate of drug-likeness (QED) is 0.0268. The van der Waals surface area contributed by atoms with Crippen molar-refractivity contribution in [2.24, 2.45) is 0 Å². The van der Waals surface area contributed by atoms with Gasteiger partial charge in [-0.2, -0.15) is 4.57 Å². The number of benzene rings is 7. The van der Waals surface area contributed by atoms with Crippen molar-refractivity contribution in [1.82, 2.24) is 0 Å². The molecule has 0 saturated carbocycles. The van der Waals surface area contributed by atoms with Crippen LogP contribution in [0.1, 0.15) is 21.6 Å². The molecule has 370 valence electrons. The summed E-state index contributed by atoms with van der Waals surface area (Å²) in [5.41, 5.74) is -10.4. The van der Waals surface area contributed by atoms with Gasteiger partial charge in [0.15, 0.2) is 76.4 Å². The molecule has 0 unspecified atom stereocenters. The van der Waals surface area contributed by atoms with Gasteiger partial charge in [-0.1, -0.05) is 78.9 Å². The van der Waals surface area contributed by atoms with Crippen molar-refractivity contribution < 1.29 is 97.2 Å². The number of para-hydroxylation sites is 1. The van der Waals surface area contributed by atoms with E-state index in [0.29, 0.717) is 12.2 Å². The summed E-state index contributed by atoms with van der Waals surface area (Å²) in [4.78, 5) is 13.0. The van der Waals surface area contributed by atoms with Crippen LogP contribution in [0.5, 0.6) is 0 Å². The zero-order chi connectivity index (χ0) is 52.8. The molecule has 0 fully saturated rings. The third-order valence-corrected chi connectivity index (χ3v) is 11.3. The van der Waals surface area contributed by atoms with E-state index in [4.69, 9.17) is 0 Å². The minimum absolute atomic E-state index is 0.000497. The van der Waals surface area contributed by atoms with Crippen molar-refractivity contribution in [1.29, 1.82) is 0 Å². The first-order valence-corrected chi connectivity index (χ1v) is 20.0. The largest absolute Gasteiger partial charge is 0.282 e. The summed E-state index contributed by atoms with van der Waals surface area (Å²) in [6, 6.07) is 32.2. The number of hydrogen-bond donors (Lipinski definition) is 0. The Morgan fingerprint density at radius 2 is 0.667 bits per heavy atom. The maximum Gasteiger partial charge on any atom is 0.253 e. The van der Waals surface area contributed by atoms with Gasteiger partial charge in [-0.25, -0.2) is 87.8 Å². The Morgan fingerprint density at radius 3 is 1.03 bits per heavy atom. The van der Waals surface area contributed by atoms with Crippen molar-refractivity contribution in [2.75, 3.05) is 0 Å². The Bertz CT molecular complexity index is 3140. The van der Waals surface area contributed by atoms with E-state index in [1.165, 1.54) is 5.56 Å². The molecule has 0 amide bonds. The molecule has 8 aromatic rings. The lowest BCUT2D eigenvalue weighted by Gasteiger charge is -2.44. The summed E-state index contributed by atoms with van der Waals surface area (Å²) in [6.07, 6.45) is -3.70. The first-order chi connectivity index (χ1) is 34.0. The molecule has 0 spiro atoms. The standard InChI is InChI=1S/C25H20NO.C24BF20/c27-25(18-15-20-9-3-1-4-10-20)24-17-16-22-13-7-8-14-23(22)26(24)19-21-11-5-2-6-12-21;26-5-1(6(27)14(35)21(42)13(5)34)25(2-7(28)15(36)22(43)16(37)8(2)29,3-9(30)17(38)23(44)18(39)10(3)31)4-11(32)19(40)24(45)20(41)12(4)33/h1-18H,19H2;/q+1;-1. The van der Waals surface area contributed by atoms with E-state index in [1.54, 1.807) is 6.08 Å². The first-order valence-electron chi connectivity index (χ1n) is 20.0. The number of fused-ring (bicyclic) bond motifs is 1. The molecule has 0 N–H and O–H groups in total. The summed E-state index contributed by atoms with van der Waals surface area (Å²) in [6.45, 7) is 0.655. The van der Waals surface area contributed by atoms with Gasteiger partial charge in [0, 0.05) is 23.1 Å². The molecule has 2 nitrogen and oxygen atoms in total. The van der Waals surface area contributed by atoms with Crippen molar-refractivity contribution in [3.8, 4) is 0 Å². The Labute approximate surface area is 390 Å². The predicted molar refractivity (Wildman–Crippen MR) is 219 cm³/mol. The number of hydrogen-bond acceptors (Lipinski definition) is 1. The highest BCUT2D eigenvalue weighted by Gasteiger charge is 2.52. The van der Waals surface area contributed by atoms with Crippen LogP contribution in [0.3, 0.4) is 0 Å². The Hall–Kier alpha value is -7.98. The number of pyridine rings is 1. The second kappa shape index (κ2) is 20.0. The lowest BCUT2D eigenvalue weighted by atomic mass is 9.12. The van der Waals surface area contributed by atoms with Gasteiger partial charge in [0.25, 0.3) is 5.69 Å².